The van der Waals surface area contributed by atoms with Crippen molar-refractivity contribution >= 4 is 5.91 Å². The molecule has 24 heavy (non-hydrogen) atoms. The number of carbonyl (C=O) groups excluding carboxylic acids is 1. The van der Waals surface area contributed by atoms with Crippen molar-refractivity contribution in [3.63, 3.8) is 0 Å². The summed E-state index contributed by atoms with van der Waals surface area (Å²) in [6.07, 6.45) is 7.08. The van der Waals surface area contributed by atoms with Crippen LogP contribution in [-0.2, 0) is 6.54 Å². The van der Waals surface area contributed by atoms with E-state index in [1.165, 1.54) is 0 Å². The summed E-state index contributed by atoms with van der Waals surface area (Å²) in [5.74, 6) is 1.41. The Bertz CT molecular complexity index is 756. The predicted octanol–water partition coefficient (Wildman–Crippen LogP) is 2.62. The highest BCUT2D eigenvalue weighted by atomic mass is 16.7. The van der Waals surface area contributed by atoms with Crippen molar-refractivity contribution in [2.75, 3.05) is 13.3 Å². The molecule has 0 radical (unpaired) electrons. The maximum atomic E-state index is 13.0. The van der Waals surface area contributed by atoms with Crippen LogP contribution in [0, 0.1) is 6.92 Å². The van der Waals surface area contributed by atoms with Gasteiger partial charge in [0.2, 0.25) is 6.79 Å². The molecule has 0 bridgehead atoms. The largest absolute Gasteiger partial charge is 0.454 e. The van der Waals surface area contributed by atoms with Crippen LogP contribution in [0.25, 0.3) is 0 Å². The molecule has 1 saturated heterocycles. The Kier molecular flexibility index (Phi) is 3.88. The third kappa shape index (κ3) is 2.84. The first-order valence-corrected chi connectivity index (χ1v) is 8.40. The highest BCUT2D eigenvalue weighted by Crippen LogP contribution is 2.33. The van der Waals surface area contributed by atoms with E-state index in [4.69, 9.17) is 9.47 Å². The molecule has 6 nitrogen and oxygen atoms in total. The fourth-order valence-electron chi connectivity index (χ4n) is 3.44. The lowest BCUT2D eigenvalue weighted by Crippen LogP contribution is -2.45. The second-order valence-corrected chi connectivity index (χ2v) is 6.46. The molecule has 3 heterocycles. The SMILES string of the molecule is Cc1cnn(CC2CCCCN2C(=O)c2ccc3c(c2)OCO3)c1. The van der Waals surface area contributed by atoms with Gasteiger partial charge in [0, 0.05) is 18.3 Å². The summed E-state index contributed by atoms with van der Waals surface area (Å²) in [5.41, 5.74) is 1.79. The van der Waals surface area contributed by atoms with E-state index in [9.17, 15) is 4.79 Å². The number of carbonyl (C=O) groups is 1. The number of amides is 1. The fraction of sp³-hybridized carbons (Fsp3) is 0.444. The van der Waals surface area contributed by atoms with Gasteiger partial charge in [-0.3, -0.25) is 9.48 Å². The number of benzene rings is 1. The maximum Gasteiger partial charge on any atom is 0.254 e. The van der Waals surface area contributed by atoms with Crippen LogP contribution in [0.2, 0.25) is 0 Å². The van der Waals surface area contributed by atoms with E-state index in [0.29, 0.717) is 17.1 Å². The Morgan fingerprint density at radius 1 is 1.29 bits per heavy atom. The van der Waals surface area contributed by atoms with E-state index in [2.05, 4.69) is 5.10 Å². The Hall–Kier alpha value is -2.50. The number of aryl methyl sites for hydroxylation is 1. The van der Waals surface area contributed by atoms with Crippen LogP contribution in [0.3, 0.4) is 0 Å². The first kappa shape index (κ1) is 15.1. The Labute approximate surface area is 141 Å². The fourth-order valence-corrected chi connectivity index (χ4v) is 3.44. The molecule has 1 amide bonds. The number of aromatic nitrogens is 2. The number of nitrogens with zero attached hydrogens (tertiary/aromatic N) is 3. The highest BCUT2D eigenvalue weighted by molar-refractivity contribution is 5.95. The molecule has 1 fully saturated rings. The van der Waals surface area contributed by atoms with Gasteiger partial charge in [0.1, 0.15) is 0 Å². The normalized spacial score (nSPS) is 19.5. The quantitative estimate of drug-likeness (QED) is 0.869. The van der Waals surface area contributed by atoms with Gasteiger partial charge in [-0.05, 0) is 49.9 Å². The zero-order valence-electron chi connectivity index (χ0n) is 13.8. The van der Waals surface area contributed by atoms with Gasteiger partial charge in [0.25, 0.3) is 5.91 Å². The molecule has 4 rings (SSSR count). The van der Waals surface area contributed by atoms with Gasteiger partial charge in [-0.15, -0.1) is 0 Å². The second kappa shape index (κ2) is 6.19. The highest BCUT2D eigenvalue weighted by Gasteiger charge is 2.29. The number of likely N-dealkylation sites (tertiary alicyclic amines) is 1. The molecule has 1 unspecified atom stereocenters. The summed E-state index contributed by atoms with van der Waals surface area (Å²) in [7, 11) is 0. The molecular formula is C18H21N3O3. The van der Waals surface area contributed by atoms with Crippen molar-refractivity contribution in [2.24, 2.45) is 0 Å². The minimum atomic E-state index is 0.0573. The van der Waals surface area contributed by atoms with Crippen LogP contribution in [0.1, 0.15) is 35.2 Å². The van der Waals surface area contributed by atoms with E-state index in [1.54, 1.807) is 6.07 Å². The lowest BCUT2D eigenvalue weighted by molar-refractivity contribution is 0.0583. The standard InChI is InChI=1S/C18H21N3O3/c1-13-9-19-20(10-13)11-15-4-2-3-7-21(15)18(22)14-5-6-16-17(8-14)24-12-23-16/h5-6,8-10,15H,2-4,7,11-12H2,1H3. The molecule has 2 aliphatic heterocycles. The lowest BCUT2D eigenvalue weighted by atomic mass is 10.0. The lowest BCUT2D eigenvalue weighted by Gasteiger charge is -2.35. The van der Waals surface area contributed by atoms with Crippen LogP contribution in [0.5, 0.6) is 11.5 Å². The van der Waals surface area contributed by atoms with Gasteiger partial charge in [0.05, 0.1) is 18.8 Å². The molecule has 2 aromatic rings. The van der Waals surface area contributed by atoms with Crippen LogP contribution in [0.15, 0.2) is 30.6 Å². The molecule has 1 atom stereocenters. The minimum Gasteiger partial charge on any atom is -0.454 e. The summed E-state index contributed by atoms with van der Waals surface area (Å²) in [5, 5.41) is 4.37. The summed E-state index contributed by atoms with van der Waals surface area (Å²) >= 11 is 0. The maximum absolute atomic E-state index is 13.0. The van der Waals surface area contributed by atoms with Gasteiger partial charge >= 0.3 is 0 Å². The molecule has 2 aliphatic rings. The second-order valence-electron chi connectivity index (χ2n) is 6.46. The van der Waals surface area contributed by atoms with Gasteiger partial charge < -0.3 is 14.4 Å². The van der Waals surface area contributed by atoms with Crippen molar-refractivity contribution in [3.05, 3.63) is 41.7 Å². The van der Waals surface area contributed by atoms with E-state index >= 15 is 0 Å². The Balaban J connectivity index is 1.54. The van der Waals surface area contributed by atoms with E-state index in [-0.39, 0.29) is 18.7 Å². The first-order valence-electron chi connectivity index (χ1n) is 8.40. The summed E-state index contributed by atoms with van der Waals surface area (Å²) in [6.45, 7) is 3.78. The predicted molar refractivity (Wildman–Crippen MR) is 88.2 cm³/mol. The van der Waals surface area contributed by atoms with E-state index in [0.717, 1.165) is 37.9 Å². The average molecular weight is 327 g/mol. The summed E-state index contributed by atoms with van der Waals surface area (Å²) < 4.78 is 12.7. The molecule has 0 saturated carbocycles. The van der Waals surface area contributed by atoms with Gasteiger partial charge in [-0.1, -0.05) is 0 Å². The number of hydrogen-bond donors (Lipinski definition) is 0. The third-order valence-electron chi connectivity index (χ3n) is 4.67. The Morgan fingerprint density at radius 2 is 2.17 bits per heavy atom. The summed E-state index contributed by atoms with van der Waals surface area (Å²) in [6, 6.07) is 5.59. The molecule has 0 aliphatic carbocycles. The smallest absolute Gasteiger partial charge is 0.254 e. The van der Waals surface area contributed by atoms with Crippen LogP contribution < -0.4 is 9.47 Å². The zero-order valence-corrected chi connectivity index (χ0v) is 13.8. The minimum absolute atomic E-state index is 0.0573. The average Bonchev–Trinajstić information content (AvgIpc) is 3.22. The molecule has 1 aromatic carbocycles. The van der Waals surface area contributed by atoms with Gasteiger partial charge in [-0.25, -0.2) is 0 Å². The molecular weight excluding hydrogens is 306 g/mol. The van der Waals surface area contributed by atoms with Gasteiger partial charge in [0.15, 0.2) is 11.5 Å². The molecule has 0 N–H and O–H groups in total. The van der Waals surface area contributed by atoms with E-state index in [1.807, 2.05) is 41.0 Å². The molecule has 1 aromatic heterocycles. The Morgan fingerprint density at radius 3 is 3.00 bits per heavy atom. The van der Waals surface area contributed by atoms with Crippen molar-refractivity contribution in [3.8, 4) is 11.5 Å². The number of piperidine rings is 1. The number of ether oxygens (including phenoxy) is 2. The third-order valence-corrected chi connectivity index (χ3v) is 4.67. The topological polar surface area (TPSA) is 56.6 Å². The van der Waals surface area contributed by atoms with Crippen molar-refractivity contribution in [1.29, 1.82) is 0 Å². The van der Waals surface area contributed by atoms with Crippen LogP contribution in [0.4, 0.5) is 0 Å². The van der Waals surface area contributed by atoms with E-state index < -0.39 is 0 Å². The zero-order chi connectivity index (χ0) is 16.5. The van der Waals surface area contributed by atoms with Crippen LogP contribution >= 0.6 is 0 Å². The number of hydrogen-bond acceptors (Lipinski definition) is 4. The first-order chi connectivity index (χ1) is 11.7. The van der Waals surface area contributed by atoms with Crippen molar-refractivity contribution in [1.82, 2.24) is 14.7 Å². The molecule has 0 spiro atoms. The monoisotopic (exact) mass is 327 g/mol. The number of fused-ring (bicyclic) bond motifs is 1. The molecule has 6 heteroatoms. The van der Waals surface area contributed by atoms with Crippen molar-refractivity contribution < 1.29 is 14.3 Å². The molecule has 126 valence electrons. The van der Waals surface area contributed by atoms with Gasteiger partial charge in [-0.2, -0.15) is 5.10 Å². The van der Waals surface area contributed by atoms with Crippen LogP contribution in [-0.4, -0.2) is 40.0 Å². The number of rotatable bonds is 3. The van der Waals surface area contributed by atoms with Crippen molar-refractivity contribution in [2.45, 2.75) is 38.8 Å². The summed E-state index contributed by atoms with van der Waals surface area (Å²) in [4.78, 5) is 15.0.